The molecular formula is C24H40F6N8. The molecule has 9 atom stereocenters. The second-order valence-corrected chi connectivity index (χ2v) is 11.9. The molecule has 1 aliphatic carbocycles. The van der Waals surface area contributed by atoms with E-state index in [9.17, 15) is 26.3 Å². The number of hydrogen-bond acceptors (Lipinski definition) is 6. The summed E-state index contributed by atoms with van der Waals surface area (Å²) in [5, 5.41) is 21.6. The van der Waals surface area contributed by atoms with Gasteiger partial charge in [-0.1, -0.05) is 12.8 Å². The molecule has 5 aliphatic rings. The normalized spacial score (nSPS) is 41.6. The summed E-state index contributed by atoms with van der Waals surface area (Å²) >= 11 is 0. The first-order valence-corrected chi connectivity index (χ1v) is 13.7. The van der Waals surface area contributed by atoms with Gasteiger partial charge in [-0.15, -0.1) is 0 Å². The highest BCUT2D eigenvalue weighted by atomic mass is 19.4. The minimum Gasteiger partial charge on any atom is -0.338 e. The molecule has 0 bridgehead atoms. The fraction of sp³-hybridized carbons (Fsp3) is 0.958. The van der Waals surface area contributed by atoms with Crippen LogP contribution < -0.4 is 21.3 Å². The van der Waals surface area contributed by atoms with Gasteiger partial charge in [0.05, 0.1) is 24.3 Å². The third-order valence-corrected chi connectivity index (χ3v) is 9.47. The maximum Gasteiger partial charge on any atom is 0.405 e. The van der Waals surface area contributed by atoms with Crippen molar-refractivity contribution in [3.63, 3.8) is 0 Å². The molecule has 0 spiro atoms. The molecule has 1 saturated carbocycles. The van der Waals surface area contributed by atoms with E-state index in [1.807, 2.05) is 16.8 Å². The number of alkyl halides is 6. The Balaban J connectivity index is 1.20. The van der Waals surface area contributed by atoms with E-state index in [0.29, 0.717) is 44.9 Å². The second-order valence-electron chi connectivity index (χ2n) is 11.9. The highest BCUT2D eigenvalue weighted by Crippen LogP contribution is 2.43. The SMILES string of the molecule is CN1CC(C(F)(F)F)NC1C1CCC(CN2C(=N)N(C)C3CNC(C4CCCCC4C(F)(F)F)NC32)CN1. The highest BCUT2D eigenvalue weighted by Gasteiger charge is 2.53. The van der Waals surface area contributed by atoms with Crippen LogP contribution in [0.2, 0.25) is 0 Å². The predicted octanol–water partition coefficient (Wildman–Crippen LogP) is 1.91. The molecule has 0 radical (unpaired) electrons. The molecule has 4 aliphatic heterocycles. The van der Waals surface area contributed by atoms with Crippen LogP contribution in [-0.2, 0) is 0 Å². The largest absolute Gasteiger partial charge is 0.405 e. The monoisotopic (exact) mass is 554 g/mol. The van der Waals surface area contributed by atoms with Gasteiger partial charge in [0.2, 0.25) is 0 Å². The van der Waals surface area contributed by atoms with Gasteiger partial charge in [-0.2, -0.15) is 26.3 Å². The van der Waals surface area contributed by atoms with Crippen LogP contribution in [0.4, 0.5) is 26.3 Å². The van der Waals surface area contributed by atoms with E-state index in [-0.39, 0.29) is 37.1 Å². The summed E-state index contributed by atoms with van der Waals surface area (Å²) in [6.45, 7) is 1.60. The fourth-order valence-electron chi connectivity index (χ4n) is 7.34. The Kier molecular flexibility index (Phi) is 7.84. The minimum absolute atomic E-state index is 0.0633. The van der Waals surface area contributed by atoms with Crippen LogP contribution in [0.3, 0.4) is 0 Å². The number of fused-ring (bicyclic) bond motifs is 1. The molecule has 0 aromatic rings. The first kappa shape index (κ1) is 28.2. The Morgan fingerprint density at radius 3 is 2.24 bits per heavy atom. The average Bonchev–Trinajstić information content (AvgIpc) is 3.37. The molecule has 4 saturated heterocycles. The van der Waals surface area contributed by atoms with Crippen molar-refractivity contribution in [2.24, 2.45) is 17.8 Å². The molecule has 9 unspecified atom stereocenters. The summed E-state index contributed by atoms with van der Waals surface area (Å²) < 4.78 is 80.9. The van der Waals surface area contributed by atoms with Gasteiger partial charge >= 0.3 is 12.4 Å². The number of likely N-dealkylation sites (N-methyl/N-ethyl adjacent to an activating group) is 2. The Labute approximate surface area is 219 Å². The Bertz CT molecular complexity index is 847. The summed E-state index contributed by atoms with van der Waals surface area (Å²) in [5.74, 6) is -1.35. The smallest absolute Gasteiger partial charge is 0.338 e. The van der Waals surface area contributed by atoms with Crippen LogP contribution in [0.25, 0.3) is 0 Å². The van der Waals surface area contributed by atoms with Crippen LogP contribution in [0, 0.1) is 23.2 Å². The fourth-order valence-corrected chi connectivity index (χ4v) is 7.34. The lowest BCUT2D eigenvalue weighted by atomic mass is 9.76. The number of nitrogens with zero attached hydrogens (tertiary/aromatic N) is 3. The van der Waals surface area contributed by atoms with Crippen LogP contribution in [-0.4, -0.2) is 110 Å². The molecule has 38 heavy (non-hydrogen) atoms. The summed E-state index contributed by atoms with van der Waals surface area (Å²) in [6, 6.07) is -1.70. The van der Waals surface area contributed by atoms with E-state index >= 15 is 0 Å². The van der Waals surface area contributed by atoms with Gasteiger partial charge in [0.25, 0.3) is 0 Å². The molecule has 5 rings (SSSR count). The summed E-state index contributed by atoms with van der Waals surface area (Å²) in [7, 11) is 3.55. The standard InChI is InChI=1S/C24H40F6N8/c1-36-12-18(24(28,29)30)34-20(36)16-8-7-13(9-32-16)11-38-21-17(37(2)22(38)31)10-33-19(35-21)14-5-3-4-6-15(14)23(25,26)27/h13-21,31-35H,3-12H2,1-2H3. The van der Waals surface area contributed by atoms with Gasteiger partial charge in [-0.05, 0) is 44.6 Å². The van der Waals surface area contributed by atoms with Crippen molar-refractivity contribution in [1.29, 1.82) is 5.41 Å². The second kappa shape index (κ2) is 10.6. The van der Waals surface area contributed by atoms with Crippen molar-refractivity contribution in [2.45, 2.75) is 87.5 Å². The molecule has 0 aromatic heterocycles. The van der Waals surface area contributed by atoms with E-state index in [1.165, 1.54) is 0 Å². The van der Waals surface area contributed by atoms with Gasteiger partial charge in [0.1, 0.15) is 12.2 Å². The summed E-state index contributed by atoms with van der Waals surface area (Å²) in [5.41, 5.74) is 0. The van der Waals surface area contributed by atoms with E-state index in [0.717, 1.165) is 12.8 Å². The molecule has 0 aromatic carbocycles. The lowest BCUT2D eigenvalue weighted by Crippen LogP contribution is -2.68. The van der Waals surface area contributed by atoms with E-state index in [2.05, 4.69) is 21.3 Å². The molecule has 14 heteroatoms. The summed E-state index contributed by atoms with van der Waals surface area (Å²) in [4.78, 5) is 5.55. The van der Waals surface area contributed by atoms with Gasteiger partial charge in [0.15, 0.2) is 5.96 Å². The number of piperidine rings is 1. The van der Waals surface area contributed by atoms with Gasteiger partial charge in [-0.25, -0.2) is 0 Å². The van der Waals surface area contributed by atoms with Crippen LogP contribution in [0.15, 0.2) is 0 Å². The minimum atomic E-state index is -4.28. The molecule has 5 fully saturated rings. The molecule has 218 valence electrons. The average molecular weight is 555 g/mol. The number of guanidine groups is 1. The topological polar surface area (TPSA) is 81.7 Å². The van der Waals surface area contributed by atoms with Gasteiger partial charge in [-0.3, -0.25) is 26.3 Å². The number of halogens is 6. The van der Waals surface area contributed by atoms with Crippen molar-refractivity contribution in [2.75, 3.05) is 40.3 Å². The van der Waals surface area contributed by atoms with Crippen molar-refractivity contribution in [1.82, 2.24) is 36.0 Å². The number of rotatable bonds is 4. The van der Waals surface area contributed by atoms with E-state index in [4.69, 9.17) is 5.41 Å². The number of hydrogen-bond donors (Lipinski definition) is 5. The number of nitrogens with one attached hydrogen (secondary N) is 5. The summed E-state index contributed by atoms with van der Waals surface area (Å²) in [6.07, 6.45) is -6.07. The van der Waals surface area contributed by atoms with Gasteiger partial charge in [0, 0.05) is 39.3 Å². The Morgan fingerprint density at radius 1 is 0.868 bits per heavy atom. The van der Waals surface area contributed by atoms with Crippen molar-refractivity contribution < 1.29 is 26.3 Å². The van der Waals surface area contributed by atoms with Crippen molar-refractivity contribution in [3.8, 4) is 0 Å². The first-order chi connectivity index (χ1) is 17.8. The highest BCUT2D eigenvalue weighted by molar-refractivity contribution is 5.80. The Morgan fingerprint density at radius 2 is 1.61 bits per heavy atom. The van der Waals surface area contributed by atoms with Crippen LogP contribution in [0.5, 0.6) is 0 Å². The molecule has 0 amide bonds. The molecule has 5 N–H and O–H groups in total. The lowest BCUT2D eigenvalue weighted by Gasteiger charge is -2.45. The maximum absolute atomic E-state index is 13.8. The first-order valence-electron chi connectivity index (χ1n) is 13.7. The quantitative estimate of drug-likeness (QED) is 0.340. The molecule has 4 heterocycles. The molecular weight excluding hydrogens is 514 g/mol. The zero-order chi connectivity index (χ0) is 27.4. The maximum atomic E-state index is 13.8. The third kappa shape index (κ3) is 5.48. The third-order valence-electron chi connectivity index (χ3n) is 9.47. The van der Waals surface area contributed by atoms with Gasteiger partial charge < -0.3 is 15.1 Å². The Hall–Kier alpha value is -1.35. The van der Waals surface area contributed by atoms with Crippen LogP contribution >= 0.6 is 0 Å². The predicted molar refractivity (Wildman–Crippen MR) is 130 cm³/mol. The van der Waals surface area contributed by atoms with Crippen LogP contribution in [0.1, 0.15) is 38.5 Å². The van der Waals surface area contributed by atoms with Crippen molar-refractivity contribution in [3.05, 3.63) is 0 Å². The molecule has 8 nitrogen and oxygen atoms in total. The zero-order valence-corrected chi connectivity index (χ0v) is 21.9. The van der Waals surface area contributed by atoms with E-state index in [1.54, 1.807) is 11.9 Å². The van der Waals surface area contributed by atoms with Crippen molar-refractivity contribution >= 4 is 5.96 Å². The zero-order valence-electron chi connectivity index (χ0n) is 21.9. The lowest BCUT2D eigenvalue weighted by molar-refractivity contribution is -0.201. The van der Waals surface area contributed by atoms with E-state index < -0.39 is 42.6 Å².